The first-order valence-electron chi connectivity index (χ1n) is 4.15. The van der Waals surface area contributed by atoms with E-state index >= 15 is 0 Å². The summed E-state index contributed by atoms with van der Waals surface area (Å²) in [6.07, 6.45) is 0. The normalized spacial score (nSPS) is 31.9. The summed E-state index contributed by atoms with van der Waals surface area (Å²) >= 11 is 1.42. The van der Waals surface area contributed by atoms with Gasteiger partial charge in [-0.3, -0.25) is 0 Å². The lowest BCUT2D eigenvalue weighted by Gasteiger charge is -1.97. The minimum absolute atomic E-state index is 0.338. The second kappa shape index (κ2) is 2.50. The van der Waals surface area contributed by atoms with E-state index < -0.39 is 0 Å². The number of hydrogen-bond donors (Lipinski definition) is 1. The van der Waals surface area contributed by atoms with Crippen LogP contribution in [0.3, 0.4) is 0 Å². The Morgan fingerprint density at radius 2 is 2.42 bits per heavy atom. The molecule has 1 aliphatic rings. The summed E-state index contributed by atoms with van der Waals surface area (Å²) in [4.78, 5) is 0. The van der Waals surface area contributed by atoms with Crippen molar-refractivity contribution in [3.05, 3.63) is 11.1 Å². The monoisotopic (exact) mass is 183 g/mol. The largest absolute Gasteiger partial charge is 0.330 e. The molecule has 1 saturated carbocycles. The molecule has 0 aliphatic heterocycles. The molecule has 0 amide bonds. The lowest BCUT2D eigenvalue weighted by atomic mass is 10.1. The van der Waals surface area contributed by atoms with Crippen LogP contribution < -0.4 is 5.73 Å². The maximum absolute atomic E-state index is 5.66. The zero-order valence-electron chi connectivity index (χ0n) is 7.32. The average molecular weight is 183 g/mol. The molecule has 3 nitrogen and oxygen atoms in total. The van der Waals surface area contributed by atoms with E-state index in [1.165, 1.54) is 11.5 Å². The quantitative estimate of drug-likeness (QED) is 0.750. The van der Waals surface area contributed by atoms with E-state index in [2.05, 4.69) is 23.4 Å². The maximum atomic E-state index is 5.66. The number of rotatable bonds is 2. The topological polar surface area (TPSA) is 51.8 Å². The van der Waals surface area contributed by atoms with E-state index in [0.29, 0.717) is 17.3 Å². The fourth-order valence-corrected chi connectivity index (χ4v) is 2.57. The molecule has 0 spiro atoms. The number of nitrogens with two attached hydrogens (primary N) is 1. The van der Waals surface area contributed by atoms with Crippen LogP contribution in [0.1, 0.15) is 25.5 Å². The van der Waals surface area contributed by atoms with Gasteiger partial charge in [0, 0.05) is 11.3 Å². The molecule has 1 aliphatic carbocycles. The highest BCUT2D eigenvalue weighted by molar-refractivity contribution is 7.03. The third-order valence-corrected chi connectivity index (χ3v) is 3.52. The van der Waals surface area contributed by atoms with Gasteiger partial charge in [-0.1, -0.05) is 18.3 Å². The molecule has 4 heteroatoms. The molecular formula is C8H13N3S. The number of nitrogens with zero attached hydrogens (tertiary/aromatic N) is 2. The zero-order chi connectivity index (χ0) is 8.77. The molecule has 1 fully saturated rings. The van der Waals surface area contributed by atoms with Crippen molar-refractivity contribution in [3.8, 4) is 0 Å². The van der Waals surface area contributed by atoms with Gasteiger partial charge in [0.1, 0.15) is 0 Å². The van der Waals surface area contributed by atoms with Crippen molar-refractivity contribution in [1.82, 2.24) is 9.59 Å². The van der Waals surface area contributed by atoms with Crippen LogP contribution in [-0.2, 0) is 0 Å². The fourth-order valence-electron chi connectivity index (χ4n) is 2.08. The summed E-state index contributed by atoms with van der Waals surface area (Å²) in [5, 5.41) is 6.11. The summed E-state index contributed by atoms with van der Waals surface area (Å²) in [6.45, 7) is 5.25. The molecule has 1 heterocycles. The predicted octanol–water partition coefficient (Wildman–Crippen LogP) is 1.24. The summed E-state index contributed by atoms with van der Waals surface area (Å²) in [7, 11) is 0. The second-order valence-electron chi connectivity index (χ2n) is 3.97. The minimum atomic E-state index is 0.338. The van der Waals surface area contributed by atoms with Crippen molar-refractivity contribution >= 4 is 11.5 Å². The Labute approximate surface area is 76.1 Å². The Bertz CT molecular complexity index is 268. The fraction of sp³-hybridized carbons (Fsp3) is 0.750. The van der Waals surface area contributed by atoms with Gasteiger partial charge in [-0.25, -0.2) is 0 Å². The molecule has 0 unspecified atom stereocenters. The first-order chi connectivity index (χ1) is 5.68. The first-order valence-corrected chi connectivity index (χ1v) is 4.98. The molecule has 1 aromatic heterocycles. The van der Waals surface area contributed by atoms with E-state index in [0.717, 1.165) is 12.2 Å². The van der Waals surface area contributed by atoms with Crippen molar-refractivity contribution in [1.29, 1.82) is 0 Å². The smallest absolute Gasteiger partial charge is 0.0795 e. The Morgan fingerprint density at radius 1 is 1.67 bits per heavy atom. The van der Waals surface area contributed by atoms with Crippen molar-refractivity contribution in [2.45, 2.75) is 19.8 Å². The van der Waals surface area contributed by atoms with E-state index in [4.69, 9.17) is 5.73 Å². The third kappa shape index (κ3) is 0.983. The van der Waals surface area contributed by atoms with Gasteiger partial charge in [0.05, 0.1) is 5.69 Å². The summed E-state index contributed by atoms with van der Waals surface area (Å²) in [5.74, 6) is 1.14. The molecule has 1 aromatic rings. The van der Waals surface area contributed by atoms with Crippen LogP contribution in [0.15, 0.2) is 5.38 Å². The number of hydrogen-bond acceptors (Lipinski definition) is 4. The lowest BCUT2D eigenvalue weighted by molar-refractivity contribution is 0.557. The van der Waals surface area contributed by atoms with E-state index in [1.807, 2.05) is 5.38 Å². The zero-order valence-corrected chi connectivity index (χ0v) is 8.14. The van der Waals surface area contributed by atoms with Gasteiger partial charge in [0.2, 0.25) is 0 Å². The van der Waals surface area contributed by atoms with Gasteiger partial charge in [-0.05, 0) is 29.4 Å². The van der Waals surface area contributed by atoms with Crippen LogP contribution in [-0.4, -0.2) is 16.1 Å². The van der Waals surface area contributed by atoms with Crippen molar-refractivity contribution in [3.63, 3.8) is 0 Å². The summed E-state index contributed by atoms with van der Waals surface area (Å²) in [6, 6.07) is 0. The summed E-state index contributed by atoms with van der Waals surface area (Å²) < 4.78 is 3.87. The van der Waals surface area contributed by atoms with Gasteiger partial charge in [-0.2, -0.15) is 0 Å². The van der Waals surface area contributed by atoms with Crippen LogP contribution in [0, 0.1) is 11.3 Å². The van der Waals surface area contributed by atoms with Gasteiger partial charge >= 0.3 is 0 Å². The van der Waals surface area contributed by atoms with Crippen molar-refractivity contribution in [2.24, 2.45) is 17.1 Å². The van der Waals surface area contributed by atoms with E-state index in [-0.39, 0.29) is 0 Å². The molecular weight excluding hydrogens is 170 g/mol. The van der Waals surface area contributed by atoms with Crippen LogP contribution in [0.5, 0.6) is 0 Å². The SMILES string of the molecule is CC1(C)[C@H](CN)[C@H]1c1csnn1. The van der Waals surface area contributed by atoms with Gasteiger partial charge < -0.3 is 5.73 Å². The predicted molar refractivity (Wildman–Crippen MR) is 49.0 cm³/mol. The van der Waals surface area contributed by atoms with E-state index in [9.17, 15) is 0 Å². The van der Waals surface area contributed by atoms with Crippen molar-refractivity contribution < 1.29 is 0 Å². The first kappa shape index (κ1) is 8.13. The van der Waals surface area contributed by atoms with Crippen LogP contribution in [0.4, 0.5) is 0 Å². The Hall–Kier alpha value is -0.480. The molecule has 66 valence electrons. The van der Waals surface area contributed by atoms with Crippen LogP contribution in [0.2, 0.25) is 0 Å². The highest BCUT2D eigenvalue weighted by Crippen LogP contribution is 2.63. The maximum Gasteiger partial charge on any atom is 0.0795 e. The standard InChI is InChI=1S/C8H13N3S/c1-8(2)5(3-9)7(8)6-4-12-11-10-6/h4-5,7H,3,9H2,1-2H3/t5-,7+/m1/s1. The minimum Gasteiger partial charge on any atom is -0.330 e. The third-order valence-electron chi connectivity index (χ3n) is 3.00. The molecule has 0 saturated heterocycles. The highest BCUT2D eigenvalue weighted by atomic mass is 32.1. The molecule has 2 atom stereocenters. The molecule has 2 rings (SSSR count). The Kier molecular flexibility index (Phi) is 1.70. The van der Waals surface area contributed by atoms with Gasteiger partial charge in [0.15, 0.2) is 0 Å². The molecule has 0 radical (unpaired) electrons. The van der Waals surface area contributed by atoms with Crippen molar-refractivity contribution in [2.75, 3.05) is 6.54 Å². The number of aromatic nitrogens is 2. The molecule has 12 heavy (non-hydrogen) atoms. The summed E-state index contributed by atoms with van der Waals surface area (Å²) in [5.41, 5.74) is 7.12. The molecule has 0 bridgehead atoms. The second-order valence-corrected chi connectivity index (χ2v) is 4.58. The van der Waals surface area contributed by atoms with Crippen LogP contribution in [0.25, 0.3) is 0 Å². The highest BCUT2D eigenvalue weighted by Gasteiger charge is 2.58. The Balaban J connectivity index is 2.19. The van der Waals surface area contributed by atoms with Gasteiger partial charge in [-0.15, -0.1) is 5.10 Å². The molecule has 0 aromatic carbocycles. The average Bonchev–Trinajstić information content (AvgIpc) is 2.50. The lowest BCUT2D eigenvalue weighted by Crippen LogP contribution is -2.05. The Morgan fingerprint density at radius 3 is 2.83 bits per heavy atom. The van der Waals surface area contributed by atoms with Gasteiger partial charge in [0.25, 0.3) is 0 Å². The van der Waals surface area contributed by atoms with E-state index in [1.54, 1.807) is 0 Å². The van der Waals surface area contributed by atoms with Crippen LogP contribution >= 0.6 is 11.5 Å². The molecule has 2 N–H and O–H groups in total.